The van der Waals surface area contributed by atoms with Crippen molar-refractivity contribution in [1.82, 2.24) is 4.98 Å². The van der Waals surface area contributed by atoms with Gasteiger partial charge in [-0.15, -0.1) is 0 Å². The summed E-state index contributed by atoms with van der Waals surface area (Å²) in [6, 6.07) is 21.7. The monoisotopic (exact) mass is 484 g/mol. The molecule has 1 amide bonds. The van der Waals surface area contributed by atoms with E-state index in [1.54, 1.807) is 6.20 Å². The number of hydrogen-bond acceptors (Lipinski definition) is 5. The van der Waals surface area contributed by atoms with Crippen molar-refractivity contribution in [2.45, 2.75) is 25.7 Å². The number of anilines is 3. The van der Waals surface area contributed by atoms with Gasteiger partial charge >= 0.3 is 5.97 Å². The molecule has 2 aromatic carbocycles. The number of carboxylic acids is 1. The van der Waals surface area contributed by atoms with Gasteiger partial charge < -0.3 is 20.6 Å². The maximum Gasteiger partial charge on any atom is 0.307 e. The number of aliphatic carboxylic acids is 1. The Hall–Kier alpha value is -3.87. The molecule has 1 saturated heterocycles. The quantitative estimate of drug-likeness (QED) is 0.437. The molecule has 5 rings (SSSR count). The molecule has 2 aliphatic rings. The number of benzene rings is 2. The third kappa shape index (κ3) is 5.51. The van der Waals surface area contributed by atoms with E-state index < -0.39 is 17.8 Å². The van der Waals surface area contributed by atoms with E-state index in [2.05, 4.69) is 32.7 Å². The maximum atomic E-state index is 12.7. The molecule has 186 valence electrons. The van der Waals surface area contributed by atoms with Crippen molar-refractivity contribution in [3.05, 3.63) is 84.1 Å². The van der Waals surface area contributed by atoms with E-state index in [1.807, 2.05) is 54.6 Å². The van der Waals surface area contributed by atoms with E-state index >= 15 is 0 Å². The highest BCUT2D eigenvalue weighted by atomic mass is 16.4. The Bertz CT molecular complexity index is 1190. The van der Waals surface area contributed by atoms with Gasteiger partial charge in [-0.2, -0.15) is 0 Å². The Morgan fingerprint density at radius 2 is 1.81 bits per heavy atom. The van der Waals surface area contributed by atoms with Crippen molar-refractivity contribution in [3.63, 3.8) is 0 Å². The van der Waals surface area contributed by atoms with Gasteiger partial charge in [0, 0.05) is 37.2 Å². The minimum atomic E-state index is -0.931. The summed E-state index contributed by atoms with van der Waals surface area (Å²) in [6.07, 6.45) is 4.80. The molecule has 7 nitrogen and oxygen atoms in total. The second-order valence-corrected chi connectivity index (χ2v) is 9.80. The fraction of sp³-hybridized carbons (Fsp3) is 0.345. The second-order valence-electron chi connectivity index (χ2n) is 9.80. The Kier molecular flexibility index (Phi) is 7.16. The highest BCUT2D eigenvalue weighted by molar-refractivity contribution is 5.98. The van der Waals surface area contributed by atoms with E-state index in [4.69, 9.17) is 0 Å². The van der Waals surface area contributed by atoms with Crippen molar-refractivity contribution >= 4 is 29.1 Å². The molecular formula is C29H32N4O3. The molecule has 0 saturated carbocycles. The number of pyridine rings is 1. The normalized spacial score (nSPS) is 18.7. The van der Waals surface area contributed by atoms with Crippen LogP contribution in [-0.4, -0.2) is 41.6 Å². The number of hydrogen-bond donors (Lipinski definition) is 3. The van der Waals surface area contributed by atoms with Crippen LogP contribution in [0.5, 0.6) is 0 Å². The van der Waals surface area contributed by atoms with Crippen molar-refractivity contribution < 1.29 is 14.7 Å². The predicted molar refractivity (Wildman–Crippen MR) is 141 cm³/mol. The van der Waals surface area contributed by atoms with Crippen molar-refractivity contribution in [2.75, 3.05) is 35.2 Å². The predicted octanol–water partition coefficient (Wildman–Crippen LogP) is 4.46. The Balaban J connectivity index is 1.17. The van der Waals surface area contributed by atoms with Gasteiger partial charge in [0.15, 0.2) is 0 Å². The molecule has 0 spiro atoms. The third-order valence-corrected chi connectivity index (χ3v) is 7.46. The molecule has 0 bridgehead atoms. The van der Waals surface area contributed by atoms with Crippen molar-refractivity contribution in [3.8, 4) is 0 Å². The maximum absolute atomic E-state index is 12.7. The zero-order chi connectivity index (χ0) is 24.9. The van der Waals surface area contributed by atoms with Gasteiger partial charge in [0.25, 0.3) is 0 Å². The molecular weight excluding hydrogens is 452 g/mol. The summed E-state index contributed by atoms with van der Waals surface area (Å²) in [5.74, 6) is -0.962. The fourth-order valence-corrected chi connectivity index (χ4v) is 5.31. The van der Waals surface area contributed by atoms with Gasteiger partial charge in [-0.3, -0.25) is 9.59 Å². The number of fused-ring (bicyclic) bond motifs is 1. The van der Waals surface area contributed by atoms with Gasteiger partial charge in [0.2, 0.25) is 5.91 Å². The molecule has 2 unspecified atom stereocenters. The van der Waals surface area contributed by atoms with E-state index in [9.17, 15) is 14.7 Å². The smallest absolute Gasteiger partial charge is 0.307 e. The summed E-state index contributed by atoms with van der Waals surface area (Å²) in [5, 5.41) is 16.3. The lowest BCUT2D eigenvalue weighted by Crippen LogP contribution is -2.39. The summed E-state index contributed by atoms with van der Waals surface area (Å²) < 4.78 is 0. The highest BCUT2D eigenvalue weighted by Gasteiger charge is 2.37. The number of carbonyl (C=O) groups is 2. The number of carboxylic acid groups (broad SMARTS) is 1. The molecule has 36 heavy (non-hydrogen) atoms. The molecule has 0 radical (unpaired) electrons. The first-order chi connectivity index (χ1) is 17.6. The minimum absolute atomic E-state index is 0.210. The van der Waals surface area contributed by atoms with E-state index in [0.717, 1.165) is 60.8 Å². The fourth-order valence-electron chi connectivity index (χ4n) is 5.31. The van der Waals surface area contributed by atoms with Gasteiger partial charge in [-0.05, 0) is 73.1 Å². The number of amides is 1. The van der Waals surface area contributed by atoms with Gasteiger partial charge in [-0.1, -0.05) is 36.4 Å². The van der Waals surface area contributed by atoms with Gasteiger partial charge in [-0.25, -0.2) is 4.98 Å². The van der Waals surface area contributed by atoms with Crippen LogP contribution < -0.4 is 15.5 Å². The summed E-state index contributed by atoms with van der Waals surface area (Å²) in [5.41, 5.74) is 3.87. The lowest BCUT2D eigenvalue weighted by Gasteiger charge is -2.34. The number of carbonyl (C=O) groups excluding carboxylic acids is 1. The Labute approximate surface area is 211 Å². The molecule has 2 atom stereocenters. The zero-order valence-electron chi connectivity index (χ0n) is 20.3. The summed E-state index contributed by atoms with van der Waals surface area (Å²) in [7, 11) is 0. The summed E-state index contributed by atoms with van der Waals surface area (Å²) >= 11 is 0. The van der Waals surface area contributed by atoms with Gasteiger partial charge in [0.1, 0.15) is 5.82 Å². The number of nitrogens with zero attached hydrogens (tertiary/aromatic N) is 2. The number of nitrogens with one attached hydrogen (secondary N) is 2. The minimum Gasteiger partial charge on any atom is -0.481 e. The van der Waals surface area contributed by atoms with Crippen LogP contribution in [0.4, 0.5) is 17.2 Å². The largest absolute Gasteiger partial charge is 0.481 e. The SMILES string of the molecule is O=C(O)C(Cc1ccc(N2CCC(CNc3ccccn3)CC2)cc1)C1Cc2ccccc2NC1=O. The van der Waals surface area contributed by atoms with Crippen LogP contribution in [0, 0.1) is 17.8 Å². The zero-order valence-corrected chi connectivity index (χ0v) is 20.3. The first-order valence-corrected chi connectivity index (χ1v) is 12.7. The third-order valence-electron chi connectivity index (χ3n) is 7.46. The van der Waals surface area contributed by atoms with Crippen LogP contribution in [0.15, 0.2) is 72.9 Å². The highest BCUT2D eigenvalue weighted by Crippen LogP contribution is 2.32. The van der Waals surface area contributed by atoms with Gasteiger partial charge in [0.05, 0.1) is 11.8 Å². The molecule has 3 N–H and O–H groups in total. The van der Waals surface area contributed by atoms with E-state index in [1.165, 1.54) is 0 Å². The molecule has 2 aliphatic heterocycles. The Morgan fingerprint density at radius 1 is 1.06 bits per heavy atom. The number of rotatable bonds is 8. The number of piperidine rings is 1. The second kappa shape index (κ2) is 10.8. The van der Waals surface area contributed by atoms with Crippen LogP contribution in [0.2, 0.25) is 0 Å². The standard InChI is InChI=1S/C29H32N4O3/c34-28-24(18-22-5-1-2-6-26(22)32-28)25(29(35)36)17-20-8-10-23(11-9-20)33-15-12-21(13-16-33)19-31-27-7-3-4-14-30-27/h1-11,14,21,24-25H,12-13,15-19H2,(H,30,31)(H,32,34)(H,35,36). The van der Waals surface area contributed by atoms with Crippen LogP contribution in [0.1, 0.15) is 24.0 Å². The molecule has 0 aliphatic carbocycles. The summed E-state index contributed by atoms with van der Waals surface area (Å²) in [6.45, 7) is 2.92. The molecule has 3 heterocycles. The lowest BCUT2D eigenvalue weighted by molar-refractivity contribution is -0.146. The molecule has 3 aromatic rings. The molecule has 1 fully saturated rings. The van der Waals surface area contributed by atoms with Crippen molar-refractivity contribution in [2.24, 2.45) is 17.8 Å². The average Bonchev–Trinajstić information content (AvgIpc) is 2.91. The number of para-hydroxylation sites is 1. The Morgan fingerprint density at radius 3 is 2.53 bits per heavy atom. The summed E-state index contributed by atoms with van der Waals surface area (Å²) in [4.78, 5) is 31.6. The van der Waals surface area contributed by atoms with E-state index in [0.29, 0.717) is 18.8 Å². The first kappa shape index (κ1) is 23.9. The van der Waals surface area contributed by atoms with Crippen LogP contribution in [0.25, 0.3) is 0 Å². The van der Waals surface area contributed by atoms with Crippen molar-refractivity contribution in [1.29, 1.82) is 0 Å². The molecule has 1 aromatic heterocycles. The number of aromatic nitrogens is 1. The van der Waals surface area contributed by atoms with Crippen LogP contribution in [-0.2, 0) is 22.4 Å². The van der Waals surface area contributed by atoms with Crippen LogP contribution >= 0.6 is 0 Å². The topological polar surface area (TPSA) is 94.6 Å². The lowest BCUT2D eigenvalue weighted by atomic mass is 9.80. The van der Waals surface area contributed by atoms with E-state index in [-0.39, 0.29) is 5.91 Å². The molecule has 7 heteroatoms. The van der Waals surface area contributed by atoms with Crippen LogP contribution in [0.3, 0.4) is 0 Å². The first-order valence-electron chi connectivity index (χ1n) is 12.7. The average molecular weight is 485 g/mol.